The molecular formula is C51H34N4O. The van der Waals surface area contributed by atoms with Crippen molar-refractivity contribution in [1.82, 2.24) is 9.88 Å². The van der Waals surface area contributed by atoms with Crippen LogP contribution in [-0.4, -0.2) is 16.2 Å². The standard InChI is InChI=1S/C51H34N4O/c1-4-12-33(13-5-1)38-24-27-42-41-18-10-11-19-45(41)55(46(42)30-38)40-26-29-47-44(32-40)43-28-25-39(31-48(43)56-47)34-20-22-37(23-21-34)51-53-49(35-14-6-2-7-15-35)52-50(54-51)36-16-8-3-9-17-36/h1-32,49H,(H,52,53,54). The molecule has 5 nitrogen and oxygen atoms in total. The lowest BCUT2D eigenvalue weighted by atomic mass is 10.0. The molecular weight excluding hydrogens is 685 g/mol. The predicted octanol–water partition coefficient (Wildman–Crippen LogP) is 12.5. The Balaban J connectivity index is 0.944. The van der Waals surface area contributed by atoms with Crippen molar-refractivity contribution in [3.63, 3.8) is 0 Å². The summed E-state index contributed by atoms with van der Waals surface area (Å²) in [6, 6.07) is 68.1. The van der Waals surface area contributed by atoms with Gasteiger partial charge in [-0.15, -0.1) is 0 Å². The van der Waals surface area contributed by atoms with Gasteiger partial charge in [0.25, 0.3) is 0 Å². The SMILES string of the molecule is c1ccc(C2=NC(c3ccccc3)NC(c3ccc(-c4ccc5c(c4)oc4ccc(-n6c7ccccc7c7ccc(-c8ccccc8)cc76)cc45)cc3)=N2)cc1. The number of hydrogen-bond donors (Lipinski definition) is 1. The number of furan rings is 1. The number of fused-ring (bicyclic) bond motifs is 6. The molecule has 0 fully saturated rings. The van der Waals surface area contributed by atoms with Crippen molar-refractivity contribution in [1.29, 1.82) is 0 Å². The lowest BCUT2D eigenvalue weighted by molar-refractivity contribution is 0.669. The summed E-state index contributed by atoms with van der Waals surface area (Å²) in [5.41, 5.74) is 12.9. The molecule has 1 N–H and O–H groups in total. The molecule has 5 heteroatoms. The number of para-hydroxylation sites is 1. The minimum Gasteiger partial charge on any atom is -0.456 e. The zero-order valence-corrected chi connectivity index (χ0v) is 30.3. The van der Waals surface area contributed by atoms with Crippen molar-refractivity contribution in [2.45, 2.75) is 6.17 Å². The van der Waals surface area contributed by atoms with Crippen LogP contribution in [0.1, 0.15) is 22.9 Å². The summed E-state index contributed by atoms with van der Waals surface area (Å²) in [6.07, 6.45) is -0.240. The molecule has 11 rings (SSSR count). The minimum absolute atomic E-state index is 0.240. The van der Waals surface area contributed by atoms with E-state index in [2.05, 4.69) is 168 Å². The molecule has 1 aliphatic heterocycles. The van der Waals surface area contributed by atoms with Crippen LogP contribution in [-0.2, 0) is 0 Å². The zero-order valence-electron chi connectivity index (χ0n) is 30.3. The molecule has 1 atom stereocenters. The van der Waals surface area contributed by atoms with Gasteiger partial charge in [-0.3, -0.25) is 0 Å². The van der Waals surface area contributed by atoms with Gasteiger partial charge in [-0.2, -0.15) is 0 Å². The normalized spacial score (nSPS) is 14.2. The number of benzene rings is 8. The van der Waals surface area contributed by atoms with Gasteiger partial charge in [-0.05, 0) is 70.3 Å². The first kappa shape index (κ1) is 32.0. The van der Waals surface area contributed by atoms with E-state index in [1.165, 1.54) is 32.9 Å². The molecule has 1 aliphatic rings. The quantitative estimate of drug-likeness (QED) is 0.186. The van der Waals surface area contributed by atoms with Gasteiger partial charge in [0.1, 0.15) is 23.2 Å². The van der Waals surface area contributed by atoms with Gasteiger partial charge in [0, 0.05) is 38.4 Å². The Bertz CT molecular complexity index is 3140. The smallest absolute Gasteiger partial charge is 0.159 e. The Hall–Kier alpha value is -7.50. The molecule has 0 amide bonds. The Morgan fingerprint density at radius 2 is 1.04 bits per heavy atom. The molecule has 3 heterocycles. The van der Waals surface area contributed by atoms with E-state index in [0.29, 0.717) is 5.84 Å². The van der Waals surface area contributed by atoms with Crippen LogP contribution in [0, 0.1) is 0 Å². The molecule has 56 heavy (non-hydrogen) atoms. The van der Waals surface area contributed by atoms with Crippen LogP contribution in [0.4, 0.5) is 0 Å². The molecule has 2 aromatic heterocycles. The first-order valence-corrected chi connectivity index (χ1v) is 18.9. The van der Waals surface area contributed by atoms with Crippen LogP contribution < -0.4 is 5.32 Å². The fraction of sp³-hybridized carbons (Fsp3) is 0.0196. The van der Waals surface area contributed by atoms with Gasteiger partial charge >= 0.3 is 0 Å². The van der Waals surface area contributed by atoms with Crippen molar-refractivity contribution >= 4 is 55.4 Å². The Morgan fingerprint density at radius 3 is 1.82 bits per heavy atom. The molecule has 0 spiro atoms. The van der Waals surface area contributed by atoms with Crippen molar-refractivity contribution in [3.05, 3.63) is 211 Å². The van der Waals surface area contributed by atoms with Crippen LogP contribution in [0.15, 0.2) is 209 Å². The summed E-state index contributed by atoms with van der Waals surface area (Å²) >= 11 is 0. The van der Waals surface area contributed by atoms with Crippen LogP contribution in [0.25, 0.3) is 71.7 Å². The van der Waals surface area contributed by atoms with Gasteiger partial charge in [0.2, 0.25) is 0 Å². The van der Waals surface area contributed by atoms with Crippen LogP contribution in [0.5, 0.6) is 0 Å². The number of nitrogens with one attached hydrogen (secondary N) is 1. The van der Waals surface area contributed by atoms with Gasteiger partial charge in [-0.1, -0.05) is 152 Å². The monoisotopic (exact) mass is 718 g/mol. The minimum atomic E-state index is -0.240. The van der Waals surface area contributed by atoms with E-state index in [1.54, 1.807) is 0 Å². The van der Waals surface area contributed by atoms with E-state index in [-0.39, 0.29) is 6.17 Å². The highest BCUT2D eigenvalue weighted by molar-refractivity contribution is 6.14. The highest BCUT2D eigenvalue weighted by atomic mass is 16.3. The van der Waals surface area contributed by atoms with Gasteiger partial charge in [-0.25, -0.2) is 9.98 Å². The second-order valence-corrected chi connectivity index (χ2v) is 14.3. The third kappa shape index (κ3) is 5.48. The Morgan fingerprint density at radius 1 is 0.429 bits per heavy atom. The predicted molar refractivity (Wildman–Crippen MR) is 231 cm³/mol. The second-order valence-electron chi connectivity index (χ2n) is 14.3. The Labute approximate surface area is 323 Å². The fourth-order valence-corrected chi connectivity index (χ4v) is 8.08. The van der Waals surface area contributed by atoms with E-state index < -0.39 is 0 Å². The third-order valence-electron chi connectivity index (χ3n) is 10.9. The van der Waals surface area contributed by atoms with E-state index in [0.717, 1.165) is 61.3 Å². The maximum Gasteiger partial charge on any atom is 0.159 e. The average Bonchev–Trinajstić information content (AvgIpc) is 3.81. The van der Waals surface area contributed by atoms with Gasteiger partial charge in [0.05, 0.1) is 11.0 Å². The summed E-state index contributed by atoms with van der Waals surface area (Å²) in [4.78, 5) is 9.96. The number of amidine groups is 2. The Kier molecular flexibility index (Phi) is 7.49. The van der Waals surface area contributed by atoms with E-state index in [4.69, 9.17) is 14.4 Å². The summed E-state index contributed by atoms with van der Waals surface area (Å²) in [5.74, 6) is 1.51. The highest BCUT2D eigenvalue weighted by Gasteiger charge is 2.21. The first-order valence-electron chi connectivity index (χ1n) is 18.9. The van der Waals surface area contributed by atoms with Crippen molar-refractivity contribution in [2.24, 2.45) is 9.98 Å². The van der Waals surface area contributed by atoms with E-state index in [9.17, 15) is 0 Å². The average molecular weight is 719 g/mol. The molecule has 10 aromatic rings. The fourth-order valence-electron chi connectivity index (χ4n) is 8.08. The summed E-state index contributed by atoms with van der Waals surface area (Å²) in [6.45, 7) is 0. The molecule has 1 unspecified atom stereocenters. The topological polar surface area (TPSA) is 54.8 Å². The van der Waals surface area contributed by atoms with Gasteiger partial charge < -0.3 is 14.3 Å². The maximum atomic E-state index is 6.51. The first-order chi connectivity index (χ1) is 27.7. The number of hydrogen-bond acceptors (Lipinski definition) is 4. The molecule has 8 aromatic carbocycles. The van der Waals surface area contributed by atoms with Gasteiger partial charge in [0.15, 0.2) is 5.84 Å². The lowest BCUT2D eigenvalue weighted by Gasteiger charge is -2.23. The summed E-state index contributed by atoms with van der Waals surface area (Å²) in [7, 11) is 0. The van der Waals surface area contributed by atoms with Crippen LogP contribution in [0.2, 0.25) is 0 Å². The van der Waals surface area contributed by atoms with Crippen LogP contribution in [0.3, 0.4) is 0 Å². The van der Waals surface area contributed by atoms with E-state index >= 15 is 0 Å². The maximum absolute atomic E-state index is 6.51. The zero-order chi connectivity index (χ0) is 37.0. The molecule has 0 aliphatic carbocycles. The van der Waals surface area contributed by atoms with Crippen molar-refractivity contribution < 1.29 is 4.42 Å². The third-order valence-corrected chi connectivity index (χ3v) is 10.9. The largest absolute Gasteiger partial charge is 0.456 e. The van der Waals surface area contributed by atoms with Crippen molar-refractivity contribution in [2.75, 3.05) is 0 Å². The lowest BCUT2D eigenvalue weighted by Crippen LogP contribution is -2.33. The number of aliphatic imine (C=N–C) groups is 2. The van der Waals surface area contributed by atoms with Crippen molar-refractivity contribution in [3.8, 4) is 27.9 Å². The summed E-state index contributed by atoms with van der Waals surface area (Å²) < 4.78 is 8.90. The highest BCUT2D eigenvalue weighted by Crippen LogP contribution is 2.38. The molecule has 0 saturated heterocycles. The van der Waals surface area contributed by atoms with Crippen LogP contribution >= 0.6 is 0 Å². The number of nitrogens with zero attached hydrogens (tertiary/aromatic N) is 3. The number of aromatic nitrogens is 1. The molecule has 264 valence electrons. The molecule has 0 saturated carbocycles. The molecule has 0 radical (unpaired) electrons. The molecule has 0 bridgehead atoms. The number of rotatable bonds is 6. The second kappa shape index (κ2) is 13.1. The summed E-state index contributed by atoms with van der Waals surface area (Å²) in [5, 5.41) is 8.23. The van der Waals surface area contributed by atoms with E-state index in [1.807, 2.05) is 36.4 Å².